The van der Waals surface area contributed by atoms with E-state index in [1.165, 1.54) is 82.7 Å². The summed E-state index contributed by atoms with van der Waals surface area (Å²) in [4.78, 5) is 2.43. The van der Waals surface area contributed by atoms with Crippen LogP contribution < -0.4 is 4.90 Å². The lowest BCUT2D eigenvalue weighted by Crippen LogP contribution is -2.11. The van der Waals surface area contributed by atoms with Crippen LogP contribution >= 0.6 is 0 Å². The molecule has 0 amide bonds. The molecule has 0 bridgehead atoms. The van der Waals surface area contributed by atoms with Crippen LogP contribution in [0.25, 0.3) is 88.3 Å². The molecular weight excluding hydrogens is 759 g/mol. The van der Waals surface area contributed by atoms with Gasteiger partial charge in [-0.2, -0.15) is 0 Å². The van der Waals surface area contributed by atoms with Crippen molar-refractivity contribution < 1.29 is 0 Å². The van der Waals surface area contributed by atoms with Crippen molar-refractivity contribution in [2.75, 3.05) is 4.90 Å². The third-order valence-corrected chi connectivity index (χ3v) is 12.3. The molecule has 0 aromatic heterocycles. The number of fused-ring (bicyclic) bond motifs is 2. The molecule has 1 nitrogen and oxygen atoms in total. The van der Waals surface area contributed by atoms with E-state index in [0.717, 1.165) is 22.6 Å². The summed E-state index contributed by atoms with van der Waals surface area (Å²) in [5.74, 6) is 0. The Morgan fingerprint density at radius 3 is 1.30 bits per heavy atom. The van der Waals surface area contributed by atoms with Crippen LogP contribution in [0.1, 0.15) is 0 Å². The molecule has 0 aliphatic rings. The second kappa shape index (κ2) is 16.7. The van der Waals surface area contributed by atoms with Crippen molar-refractivity contribution in [3.63, 3.8) is 0 Å². The van der Waals surface area contributed by atoms with Gasteiger partial charge in [-0.05, 0) is 125 Å². The molecule has 0 heterocycles. The van der Waals surface area contributed by atoms with Gasteiger partial charge < -0.3 is 4.90 Å². The minimum Gasteiger partial charge on any atom is -0.310 e. The second-order valence-electron chi connectivity index (χ2n) is 16.1. The van der Waals surface area contributed by atoms with E-state index >= 15 is 0 Å². The van der Waals surface area contributed by atoms with E-state index in [9.17, 15) is 0 Å². The fourth-order valence-electron chi connectivity index (χ4n) is 8.99. The summed E-state index contributed by atoms with van der Waals surface area (Å²) >= 11 is 0. The molecule has 0 saturated heterocycles. The van der Waals surface area contributed by atoms with Gasteiger partial charge in [0.05, 0.1) is 5.69 Å². The van der Waals surface area contributed by atoms with E-state index in [1.54, 1.807) is 0 Å². The first-order valence-electron chi connectivity index (χ1n) is 21.7. The topological polar surface area (TPSA) is 3.24 Å². The number of rotatable bonds is 9. The molecular formula is C62H43N. The molecule has 0 aliphatic carbocycles. The van der Waals surface area contributed by atoms with Crippen LogP contribution in [-0.2, 0) is 0 Å². The summed E-state index contributed by atoms with van der Waals surface area (Å²) in [7, 11) is 0. The third kappa shape index (κ3) is 7.58. The van der Waals surface area contributed by atoms with Gasteiger partial charge in [-0.1, -0.05) is 218 Å². The number of hydrogen-bond acceptors (Lipinski definition) is 1. The first-order chi connectivity index (χ1) is 31.2. The lowest BCUT2D eigenvalue weighted by Gasteiger charge is -2.29. The van der Waals surface area contributed by atoms with Crippen LogP contribution in [-0.4, -0.2) is 0 Å². The van der Waals surface area contributed by atoms with Crippen molar-refractivity contribution in [3.05, 3.63) is 261 Å². The molecule has 0 aliphatic heterocycles. The fraction of sp³-hybridized carbons (Fsp3) is 0. The average molecular weight is 802 g/mol. The van der Waals surface area contributed by atoms with Gasteiger partial charge in [0.2, 0.25) is 0 Å². The van der Waals surface area contributed by atoms with Crippen LogP contribution in [0.4, 0.5) is 17.1 Å². The van der Waals surface area contributed by atoms with Crippen LogP contribution in [0.5, 0.6) is 0 Å². The Labute approximate surface area is 369 Å². The molecule has 63 heavy (non-hydrogen) atoms. The summed E-state index contributed by atoms with van der Waals surface area (Å²) < 4.78 is 0. The molecule has 11 aromatic rings. The molecule has 11 aromatic carbocycles. The van der Waals surface area contributed by atoms with Crippen molar-refractivity contribution in [2.24, 2.45) is 0 Å². The number of benzene rings is 11. The van der Waals surface area contributed by atoms with Crippen molar-refractivity contribution in [1.29, 1.82) is 0 Å². The largest absolute Gasteiger partial charge is 0.310 e. The van der Waals surface area contributed by atoms with E-state index in [4.69, 9.17) is 0 Å². The Balaban J connectivity index is 1.03. The zero-order valence-corrected chi connectivity index (χ0v) is 34.8. The average Bonchev–Trinajstić information content (AvgIpc) is 3.37. The first kappa shape index (κ1) is 37.7. The van der Waals surface area contributed by atoms with E-state index in [2.05, 4.69) is 266 Å². The van der Waals surface area contributed by atoms with E-state index in [0.29, 0.717) is 0 Å². The Hall–Kier alpha value is -8.26. The second-order valence-corrected chi connectivity index (χ2v) is 16.1. The molecule has 0 saturated carbocycles. The number of anilines is 3. The highest BCUT2D eigenvalue weighted by Gasteiger charge is 2.20. The van der Waals surface area contributed by atoms with Crippen LogP contribution in [0, 0.1) is 0 Å². The molecule has 0 spiro atoms. The zero-order chi connectivity index (χ0) is 42.0. The van der Waals surface area contributed by atoms with Crippen molar-refractivity contribution in [1.82, 2.24) is 0 Å². The highest BCUT2D eigenvalue weighted by atomic mass is 15.1. The summed E-state index contributed by atoms with van der Waals surface area (Å²) in [5, 5.41) is 4.97. The summed E-state index contributed by atoms with van der Waals surface area (Å²) in [5.41, 5.74) is 17.5. The maximum atomic E-state index is 2.43. The van der Waals surface area contributed by atoms with Gasteiger partial charge >= 0.3 is 0 Å². The molecule has 0 radical (unpaired) electrons. The predicted molar refractivity (Wildman–Crippen MR) is 269 cm³/mol. The monoisotopic (exact) mass is 801 g/mol. The third-order valence-electron chi connectivity index (χ3n) is 12.3. The van der Waals surface area contributed by atoms with Gasteiger partial charge in [0.15, 0.2) is 0 Å². The maximum absolute atomic E-state index is 2.43. The molecule has 0 unspecified atom stereocenters. The Kier molecular flexibility index (Phi) is 9.97. The molecule has 0 atom stereocenters. The van der Waals surface area contributed by atoms with Crippen molar-refractivity contribution in [3.8, 4) is 66.8 Å². The summed E-state index contributed by atoms with van der Waals surface area (Å²) in [6.07, 6.45) is 0. The van der Waals surface area contributed by atoms with Crippen LogP contribution in [0.2, 0.25) is 0 Å². The Bertz CT molecular complexity index is 3340. The quantitative estimate of drug-likeness (QED) is 0.141. The predicted octanol–water partition coefficient (Wildman–Crippen LogP) is 17.5. The standard InChI is InChI=1S/C62H43N/c1-3-13-44(14-4-1)46-25-27-47(28-26-46)48-31-36-57(37-32-48)63(58-38-33-49(34-39-58)53-21-11-22-54(41-53)55-30-29-45-15-7-8-19-52(45)42-55)62-43-56(35-40-61(62)51-16-5-2-6-17-51)60-24-12-20-50-18-9-10-23-59(50)60/h1-43H. The SMILES string of the molecule is c1ccc(-c2ccc(-c3ccc(N(c4ccc(-c5cccc(-c6ccc7ccccc7c6)c5)cc4)c4cc(-c5cccc6ccccc56)ccc4-c4ccccc4)cc3)cc2)cc1. The zero-order valence-electron chi connectivity index (χ0n) is 34.8. The molecule has 296 valence electrons. The lowest BCUT2D eigenvalue weighted by atomic mass is 9.94. The van der Waals surface area contributed by atoms with Gasteiger partial charge in [0, 0.05) is 16.9 Å². The highest BCUT2D eigenvalue weighted by molar-refractivity contribution is 5.99. The number of nitrogens with zero attached hydrogens (tertiary/aromatic N) is 1. The van der Waals surface area contributed by atoms with E-state index in [-0.39, 0.29) is 0 Å². The van der Waals surface area contributed by atoms with Crippen molar-refractivity contribution in [2.45, 2.75) is 0 Å². The smallest absolute Gasteiger partial charge is 0.0546 e. The van der Waals surface area contributed by atoms with Gasteiger partial charge in [0.25, 0.3) is 0 Å². The summed E-state index contributed by atoms with van der Waals surface area (Å²) in [6, 6.07) is 94.7. The molecule has 0 N–H and O–H groups in total. The Morgan fingerprint density at radius 2 is 0.635 bits per heavy atom. The minimum atomic E-state index is 1.08. The van der Waals surface area contributed by atoms with Gasteiger partial charge in [-0.25, -0.2) is 0 Å². The van der Waals surface area contributed by atoms with E-state index in [1.807, 2.05) is 0 Å². The molecule has 0 fully saturated rings. The highest BCUT2D eigenvalue weighted by Crippen LogP contribution is 2.45. The number of hydrogen-bond donors (Lipinski definition) is 0. The molecule has 1 heteroatoms. The van der Waals surface area contributed by atoms with E-state index < -0.39 is 0 Å². The van der Waals surface area contributed by atoms with Gasteiger partial charge in [-0.15, -0.1) is 0 Å². The van der Waals surface area contributed by atoms with Crippen LogP contribution in [0.15, 0.2) is 261 Å². The maximum Gasteiger partial charge on any atom is 0.0546 e. The normalized spacial score (nSPS) is 11.2. The van der Waals surface area contributed by atoms with Crippen LogP contribution in [0.3, 0.4) is 0 Å². The summed E-state index contributed by atoms with van der Waals surface area (Å²) in [6.45, 7) is 0. The van der Waals surface area contributed by atoms with Gasteiger partial charge in [0.1, 0.15) is 0 Å². The Morgan fingerprint density at radius 1 is 0.206 bits per heavy atom. The first-order valence-corrected chi connectivity index (χ1v) is 21.7. The molecule has 11 rings (SSSR count). The lowest BCUT2D eigenvalue weighted by molar-refractivity contribution is 1.28. The van der Waals surface area contributed by atoms with Gasteiger partial charge in [-0.3, -0.25) is 0 Å². The van der Waals surface area contributed by atoms with Crippen molar-refractivity contribution >= 4 is 38.6 Å². The minimum absolute atomic E-state index is 1.08. The fourth-order valence-corrected chi connectivity index (χ4v) is 8.99.